The van der Waals surface area contributed by atoms with Crippen molar-refractivity contribution in [2.75, 3.05) is 18.5 Å². The van der Waals surface area contributed by atoms with Crippen molar-refractivity contribution in [2.45, 2.75) is 6.42 Å². The van der Waals surface area contributed by atoms with Crippen LogP contribution in [0.1, 0.15) is 15.9 Å². The van der Waals surface area contributed by atoms with Crippen LogP contribution in [0, 0.1) is 0 Å². The number of nitrogens with zero attached hydrogens (tertiary/aromatic N) is 1. The molecule has 0 aromatic heterocycles. The second-order valence-corrected chi connectivity index (χ2v) is 5.34. The summed E-state index contributed by atoms with van der Waals surface area (Å²) in [7, 11) is 2.06. The van der Waals surface area contributed by atoms with Crippen LogP contribution in [0.25, 0.3) is 0 Å². The van der Waals surface area contributed by atoms with Gasteiger partial charge in [-0.15, -0.1) is 0 Å². The van der Waals surface area contributed by atoms with Gasteiger partial charge in [0.05, 0.1) is 5.69 Å². The minimum atomic E-state index is 0.687. The molecule has 0 heterocycles. The summed E-state index contributed by atoms with van der Waals surface area (Å²) in [5, 5.41) is 0. The van der Waals surface area contributed by atoms with Crippen molar-refractivity contribution in [3.63, 3.8) is 0 Å². The van der Waals surface area contributed by atoms with Gasteiger partial charge >= 0.3 is 0 Å². The lowest BCUT2D eigenvalue weighted by atomic mass is 10.1. The van der Waals surface area contributed by atoms with Crippen molar-refractivity contribution in [1.29, 1.82) is 0 Å². The summed E-state index contributed by atoms with van der Waals surface area (Å²) < 4.78 is 0.952. The zero-order valence-electron chi connectivity index (χ0n) is 10.8. The van der Waals surface area contributed by atoms with Gasteiger partial charge in [0, 0.05) is 23.6 Å². The highest BCUT2D eigenvalue weighted by Crippen LogP contribution is 2.26. The third-order valence-corrected chi connectivity index (χ3v) is 3.73. The number of benzene rings is 2. The summed E-state index contributed by atoms with van der Waals surface area (Å²) in [6.07, 6.45) is 1.86. The molecule has 98 valence electrons. The summed E-state index contributed by atoms with van der Waals surface area (Å²) in [5.41, 5.74) is 3.11. The van der Waals surface area contributed by atoms with Gasteiger partial charge in [-0.25, -0.2) is 0 Å². The maximum atomic E-state index is 10.7. The Bertz CT molecular complexity index is 554. The van der Waals surface area contributed by atoms with E-state index in [-0.39, 0.29) is 0 Å². The number of rotatable bonds is 5. The van der Waals surface area contributed by atoms with Crippen molar-refractivity contribution in [1.82, 2.24) is 0 Å². The molecule has 2 aromatic rings. The van der Waals surface area contributed by atoms with E-state index in [4.69, 9.17) is 0 Å². The van der Waals surface area contributed by atoms with E-state index < -0.39 is 0 Å². The number of anilines is 1. The highest BCUT2D eigenvalue weighted by Gasteiger charge is 2.06. The summed E-state index contributed by atoms with van der Waals surface area (Å²) in [4.78, 5) is 12.9. The topological polar surface area (TPSA) is 20.3 Å². The number of aldehydes is 1. The summed E-state index contributed by atoms with van der Waals surface area (Å²) in [5.74, 6) is 0. The van der Waals surface area contributed by atoms with E-state index in [0.29, 0.717) is 5.56 Å². The molecule has 0 unspecified atom stereocenters. The number of hydrogen-bond acceptors (Lipinski definition) is 2. The largest absolute Gasteiger partial charge is 0.373 e. The first-order valence-corrected chi connectivity index (χ1v) is 7.00. The first-order chi connectivity index (χ1) is 9.20. The normalized spacial score (nSPS) is 10.2. The van der Waals surface area contributed by atoms with Crippen LogP contribution in [0.2, 0.25) is 0 Å². The molecule has 0 aliphatic carbocycles. The third kappa shape index (κ3) is 3.67. The van der Waals surface area contributed by atoms with Crippen LogP contribution in [0.5, 0.6) is 0 Å². The van der Waals surface area contributed by atoms with Crippen molar-refractivity contribution in [2.24, 2.45) is 0 Å². The third-order valence-electron chi connectivity index (χ3n) is 3.10. The molecule has 0 radical (unpaired) electrons. The Morgan fingerprint density at radius 3 is 2.53 bits per heavy atom. The molecule has 0 amide bonds. The lowest BCUT2D eigenvalue weighted by Crippen LogP contribution is -2.20. The van der Waals surface area contributed by atoms with Crippen molar-refractivity contribution >= 4 is 27.9 Å². The minimum absolute atomic E-state index is 0.687. The average Bonchev–Trinajstić information content (AvgIpc) is 2.45. The Morgan fingerprint density at radius 1 is 1.16 bits per heavy atom. The fourth-order valence-corrected chi connectivity index (χ4v) is 2.67. The SMILES string of the molecule is CN(CCc1ccccc1)c1ccc(C=O)cc1Br. The second kappa shape index (κ2) is 6.53. The van der Waals surface area contributed by atoms with E-state index in [1.807, 2.05) is 24.3 Å². The van der Waals surface area contributed by atoms with Crippen LogP contribution in [0.4, 0.5) is 5.69 Å². The van der Waals surface area contributed by atoms with E-state index in [0.717, 1.165) is 29.4 Å². The molecule has 0 aliphatic heterocycles. The van der Waals surface area contributed by atoms with Gasteiger partial charge in [0.25, 0.3) is 0 Å². The molecule has 0 N–H and O–H groups in total. The number of carbonyl (C=O) groups is 1. The Hall–Kier alpha value is -1.61. The molecule has 19 heavy (non-hydrogen) atoms. The Labute approximate surface area is 122 Å². The molecule has 2 nitrogen and oxygen atoms in total. The molecule has 0 fully saturated rings. The molecule has 0 spiro atoms. The zero-order valence-corrected chi connectivity index (χ0v) is 12.4. The van der Waals surface area contributed by atoms with Gasteiger partial charge in [0.2, 0.25) is 0 Å². The van der Waals surface area contributed by atoms with Gasteiger partial charge in [0.15, 0.2) is 0 Å². The first kappa shape index (κ1) is 13.8. The highest BCUT2D eigenvalue weighted by atomic mass is 79.9. The van der Waals surface area contributed by atoms with Gasteiger partial charge in [0.1, 0.15) is 6.29 Å². The molecule has 2 aromatic carbocycles. The van der Waals surface area contributed by atoms with Crippen LogP contribution in [-0.2, 0) is 6.42 Å². The van der Waals surface area contributed by atoms with E-state index >= 15 is 0 Å². The number of likely N-dealkylation sites (N-methyl/N-ethyl adjacent to an activating group) is 1. The van der Waals surface area contributed by atoms with Gasteiger partial charge in [-0.1, -0.05) is 30.3 Å². The smallest absolute Gasteiger partial charge is 0.150 e. The molecule has 0 bridgehead atoms. The van der Waals surface area contributed by atoms with Gasteiger partial charge < -0.3 is 4.90 Å². The van der Waals surface area contributed by atoms with Gasteiger partial charge in [-0.3, -0.25) is 4.79 Å². The van der Waals surface area contributed by atoms with Crippen LogP contribution >= 0.6 is 15.9 Å². The average molecular weight is 318 g/mol. The van der Waals surface area contributed by atoms with Gasteiger partial charge in [-0.05, 0) is 46.1 Å². The van der Waals surface area contributed by atoms with E-state index in [2.05, 4.69) is 52.1 Å². The highest BCUT2D eigenvalue weighted by molar-refractivity contribution is 9.10. The van der Waals surface area contributed by atoms with Crippen LogP contribution in [-0.4, -0.2) is 19.9 Å². The number of halogens is 1. The summed E-state index contributed by atoms with van der Waals surface area (Å²) >= 11 is 3.51. The van der Waals surface area contributed by atoms with E-state index in [9.17, 15) is 4.79 Å². The summed E-state index contributed by atoms with van der Waals surface area (Å²) in [6, 6.07) is 16.1. The molecule has 0 aliphatic rings. The Balaban J connectivity index is 2.04. The fraction of sp³-hybridized carbons (Fsp3) is 0.188. The zero-order chi connectivity index (χ0) is 13.7. The van der Waals surface area contributed by atoms with Crippen molar-refractivity contribution in [3.05, 3.63) is 64.1 Å². The number of hydrogen-bond donors (Lipinski definition) is 0. The number of carbonyl (C=O) groups excluding carboxylic acids is 1. The van der Waals surface area contributed by atoms with Crippen molar-refractivity contribution in [3.8, 4) is 0 Å². The minimum Gasteiger partial charge on any atom is -0.373 e. The molecule has 0 saturated carbocycles. The van der Waals surface area contributed by atoms with E-state index in [1.165, 1.54) is 5.56 Å². The van der Waals surface area contributed by atoms with E-state index in [1.54, 1.807) is 0 Å². The second-order valence-electron chi connectivity index (χ2n) is 4.49. The van der Waals surface area contributed by atoms with Gasteiger partial charge in [-0.2, -0.15) is 0 Å². The monoisotopic (exact) mass is 317 g/mol. The van der Waals surface area contributed by atoms with Crippen molar-refractivity contribution < 1.29 is 4.79 Å². The molecule has 2 rings (SSSR count). The standard InChI is InChI=1S/C16H16BrNO/c1-18(10-9-13-5-3-2-4-6-13)16-8-7-14(12-19)11-15(16)17/h2-8,11-12H,9-10H2,1H3. The maximum Gasteiger partial charge on any atom is 0.150 e. The molecule has 0 saturated heterocycles. The quantitative estimate of drug-likeness (QED) is 0.778. The Kier molecular flexibility index (Phi) is 4.74. The molecule has 3 heteroatoms. The lowest BCUT2D eigenvalue weighted by Gasteiger charge is -2.21. The molecular weight excluding hydrogens is 302 g/mol. The maximum absolute atomic E-state index is 10.7. The Morgan fingerprint density at radius 2 is 1.89 bits per heavy atom. The van der Waals surface area contributed by atoms with Crippen LogP contribution < -0.4 is 4.90 Å². The summed E-state index contributed by atoms with van der Waals surface area (Å²) in [6.45, 7) is 0.934. The first-order valence-electron chi connectivity index (χ1n) is 6.20. The molecule has 0 atom stereocenters. The van der Waals surface area contributed by atoms with Crippen LogP contribution in [0.3, 0.4) is 0 Å². The lowest BCUT2D eigenvalue weighted by molar-refractivity contribution is 0.112. The predicted molar refractivity (Wildman–Crippen MR) is 82.9 cm³/mol. The van der Waals surface area contributed by atoms with Crippen LogP contribution in [0.15, 0.2) is 53.0 Å². The molecular formula is C16H16BrNO. The fourth-order valence-electron chi connectivity index (χ4n) is 1.97. The predicted octanol–water partition coefficient (Wildman–Crippen LogP) is 3.94.